The predicted molar refractivity (Wildman–Crippen MR) is 70.0 cm³/mol. The molecule has 0 aliphatic rings. The highest BCUT2D eigenvalue weighted by Gasteiger charge is 2.09. The lowest BCUT2D eigenvalue weighted by atomic mass is 10.2. The molecular formula is C14H11ClN2O. The number of rotatable bonds is 2. The number of ether oxygens (including phenoxy) is 1. The Morgan fingerprint density at radius 1 is 1.22 bits per heavy atom. The molecule has 2 aromatic rings. The number of nitrogens with zero attached hydrogens (tertiary/aromatic N) is 2. The Kier molecular flexibility index (Phi) is 3.50. The van der Waals surface area contributed by atoms with E-state index in [9.17, 15) is 0 Å². The lowest BCUT2D eigenvalue weighted by Crippen LogP contribution is -1.94. The summed E-state index contributed by atoms with van der Waals surface area (Å²) < 4.78 is 5.60. The Morgan fingerprint density at radius 3 is 2.67 bits per heavy atom. The number of halogens is 1. The van der Waals surface area contributed by atoms with Gasteiger partial charge in [0.15, 0.2) is 0 Å². The van der Waals surface area contributed by atoms with E-state index in [0.29, 0.717) is 16.3 Å². The summed E-state index contributed by atoms with van der Waals surface area (Å²) in [5.74, 6) is 0.778. The van der Waals surface area contributed by atoms with Crippen LogP contribution in [0.25, 0.3) is 0 Å². The highest BCUT2D eigenvalue weighted by molar-refractivity contribution is 6.32. The molecule has 0 bridgehead atoms. The molecule has 90 valence electrons. The molecule has 0 saturated heterocycles. The Balaban J connectivity index is 2.40. The lowest BCUT2D eigenvalue weighted by molar-refractivity contribution is 0.460. The first-order chi connectivity index (χ1) is 8.60. The second-order valence-electron chi connectivity index (χ2n) is 3.95. The minimum absolute atomic E-state index is 0.281. The summed E-state index contributed by atoms with van der Waals surface area (Å²) in [7, 11) is 0. The third-order valence-corrected chi connectivity index (χ3v) is 2.71. The molecule has 1 heterocycles. The first-order valence-corrected chi connectivity index (χ1v) is 5.79. The van der Waals surface area contributed by atoms with Crippen LogP contribution >= 0.6 is 11.6 Å². The molecule has 3 nitrogen and oxygen atoms in total. The maximum absolute atomic E-state index is 9.00. The van der Waals surface area contributed by atoms with Gasteiger partial charge in [-0.05, 0) is 43.7 Å². The van der Waals surface area contributed by atoms with Crippen LogP contribution in [0.5, 0.6) is 11.6 Å². The molecule has 4 heteroatoms. The average molecular weight is 259 g/mol. The molecule has 18 heavy (non-hydrogen) atoms. The van der Waals surface area contributed by atoms with Crippen LogP contribution in [0.3, 0.4) is 0 Å². The smallest absolute Gasteiger partial charge is 0.237 e. The quantitative estimate of drug-likeness (QED) is 0.817. The van der Waals surface area contributed by atoms with E-state index in [-0.39, 0.29) is 5.88 Å². The molecule has 0 fully saturated rings. The Hall–Kier alpha value is -2.05. The maximum atomic E-state index is 9.00. The van der Waals surface area contributed by atoms with E-state index in [1.807, 2.05) is 26.0 Å². The van der Waals surface area contributed by atoms with Crippen LogP contribution < -0.4 is 4.74 Å². The van der Waals surface area contributed by atoms with Gasteiger partial charge in [-0.2, -0.15) is 5.26 Å². The molecule has 0 N–H and O–H groups in total. The van der Waals surface area contributed by atoms with Gasteiger partial charge in [-0.3, -0.25) is 0 Å². The number of pyridine rings is 1. The molecule has 0 saturated carbocycles. The number of aromatic nitrogens is 1. The monoisotopic (exact) mass is 258 g/mol. The normalized spacial score (nSPS) is 9.89. The summed E-state index contributed by atoms with van der Waals surface area (Å²) in [6, 6.07) is 11.0. The van der Waals surface area contributed by atoms with Crippen LogP contribution in [0, 0.1) is 25.2 Å². The van der Waals surface area contributed by atoms with E-state index in [2.05, 4.69) is 4.98 Å². The van der Waals surface area contributed by atoms with Gasteiger partial charge in [0, 0.05) is 5.69 Å². The molecule has 2 rings (SSSR count). The van der Waals surface area contributed by atoms with E-state index in [1.54, 1.807) is 24.3 Å². The SMILES string of the molecule is Cc1ccc(Oc2nc(C)ccc2C#N)c(Cl)c1. The molecule has 0 unspecified atom stereocenters. The van der Waals surface area contributed by atoms with Gasteiger partial charge in [-0.25, -0.2) is 4.98 Å². The first-order valence-electron chi connectivity index (χ1n) is 5.42. The van der Waals surface area contributed by atoms with Gasteiger partial charge in [0.1, 0.15) is 17.4 Å². The molecule has 0 radical (unpaired) electrons. The highest BCUT2D eigenvalue weighted by Crippen LogP contribution is 2.30. The predicted octanol–water partition coefficient (Wildman–Crippen LogP) is 4.02. The number of hydrogen-bond donors (Lipinski definition) is 0. The van der Waals surface area contributed by atoms with Crippen molar-refractivity contribution in [1.29, 1.82) is 5.26 Å². The number of nitriles is 1. The van der Waals surface area contributed by atoms with E-state index in [1.165, 1.54) is 0 Å². The van der Waals surface area contributed by atoms with Crippen molar-refractivity contribution in [3.8, 4) is 17.7 Å². The Bertz CT molecular complexity index is 632. The third-order valence-electron chi connectivity index (χ3n) is 2.41. The molecule has 1 aromatic carbocycles. The van der Waals surface area contributed by atoms with Crippen molar-refractivity contribution in [1.82, 2.24) is 4.98 Å². The summed E-state index contributed by atoms with van der Waals surface area (Å²) in [6.45, 7) is 3.78. The van der Waals surface area contributed by atoms with Gasteiger partial charge < -0.3 is 4.74 Å². The van der Waals surface area contributed by atoms with Gasteiger partial charge in [-0.1, -0.05) is 17.7 Å². The van der Waals surface area contributed by atoms with Crippen molar-refractivity contribution in [2.75, 3.05) is 0 Å². The number of benzene rings is 1. The first kappa shape index (κ1) is 12.4. The van der Waals surface area contributed by atoms with Gasteiger partial charge in [0.2, 0.25) is 5.88 Å². The second-order valence-corrected chi connectivity index (χ2v) is 4.36. The van der Waals surface area contributed by atoms with Crippen LogP contribution in [0.1, 0.15) is 16.8 Å². The topological polar surface area (TPSA) is 45.9 Å². The molecular weight excluding hydrogens is 248 g/mol. The summed E-state index contributed by atoms with van der Waals surface area (Å²) in [6.07, 6.45) is 0. The Labute approximate surface area is 111 Å². The average Bonchev–Trinajstić information content (AvgIpc) is 2.33. The maximum Gasteiger partial charge on any atom is 0.237 e. The fraction of sp³-hybridized carbons (Fsp3) is 0.143. The van der Waals surface area contributed by atoms with Crippen LogP contribution in [0.2, 0.25) is 5.02 Å². The zero-order chi connectivity index (χ0) is 13.1. The highest BCUT2D eigenvalue weighted by atomic mass is 35.5. The van der Waals surface area contributed by atoms with Crippen molar-refractivity contribution >= 4 is 11.6 Å². The van der Waals surface area contributed by atoms with Crippen molar-refractivity contribution in [2.24, 2.45) is 0 Å². The fourth-order valence-corrected chi connectivity index (χ4v) is 1.76. The molecule has 0 amide bonds. The van der Waals surface area contributed by atoms with Crippen LogP contribution in [-0.4, -0.2) is 4.98 Å². The van der Waals surface area contributed by atoms with E-state index < -0.39 is 0 Å². The number of hydrogen-bond acceptors (Lipinski definition) is 3. The molecule has 0 atom stereocenters. The van der Waals surface area contributed by atoms with Crippen molar-refractivity contribution < 1.29 is 4.74 Å². The molecule has 0 spiro atoms. The van der Waals surface area contributed by atoms with Crippen LogP contribution in [0.15, 0.2) is 30.3 Å². The van der Waals surface area contributed by atoms with E-state index in [4.69, 9.17) is 21.6 Å². The minimum atomic E-state index is 0.281. The van der Waals surface area contributed by atoms with Crippen molar-refractivity contribution in [2.45, 2.75) is 13.8 Å². The van der Waals surface area contributed by atoms with Crippen molar-refractivity contribution in [3.05, 3.63) is 52.2 Å². The largest absolute Gasteiger partial charge is 0.436 e. The molecule has 0 aliphatic carbocycles. The fourth-order valence-electron chi connectivity index (χ4n) is 1.49. The zero-order valence-corrected chi connectivity index (χ0v) is 10.8. The summed E-state index contributed by atoms with van der Waals surface area (Å²) in [5, 5.41) is 9.50. The summed E-state index contributed by atoms with van der Waals surface area (Å²) in [4.78, 5) is 4.20. The minimum Gasteiger partial charge on any atom is -0.436 e. The van der Waals surface area contributed by atoms with Gasteiger partial charge >= 0.3 is 0 Å². The molecule has 1 aromatic heterocycles. The third kappa shape index (κ3) is 2.61. The second kappa shape index (κ2) is 5.07. The molecule has 0 aliphatic heterocycles. The van der Waals surface area contributed by atoms with Gasteiger partial charge in [-0.15, -0.1) is 0 Å². The standard InChI is InChI=1S/C14H11ClN2O/c1-9-3-6-13(12(15)7-9)18-14-11(8-16)5-4-10(2)17-14/h3-7H,1-2H3. The summed E-state index contributed by atoms with van der Waals surface area (Å²) >= 11 is 6.08. The lowest BCUT2D eigenvalue weighted by Gasteiger charge is -2.09. The van der Waals surface area contributed by atoms with E-state index >= 15 is 0 Å². The number of aryl methyl sites for hydroxylation is 2. The Morgan fingerprint density at radius 2 is 2.00 bits per heavy atom. The van der Waals surface area contributed by atoms with Gasteiger partial charge in [0.25, 0.3) is 0 Å². The van der Waals surface area contributed by atoms with Crippen LogP contribution in [-0.2, 0) is 0 Å². The zero-order valence-electron chi connectivity index (χ0n) is 10.1. The van der Waals surface area contributed by atoms with Gasteiger partial charge in [0.05, 0.1) is 5.02 Å². The summed E-state index contributed by atoms with van der Waals surface area (Å²) in [5.41, 5.74) is 2.22. The van der Waals surface area contributed by atoms with Crippen molar-refractivity contribution in [3.63, 3.8) is 0 Å². The van der Waals surface area contributed by atoms with Crippen LogP contribution in [0.4, 0.5) is 0 Å². The van der Waals surface area contributed by atoms with E-state index in [0.717, 1.165) is 11.3 Å².